The van der Waals surface area contributed by atoms with Gasteiger partial charge < -0.3 is 19.9 Å². The molecule has 2 heterocycles. The van der Waals surface area contributed by atoms with Crippen LogP contribution in [0.4, 0.5) is 5.82 Å². The summed E-state index contributed by atoms with van der Waals surface area (Å²) in [5.74, 6) is 2.26. The molecule has 1 aromatic heterocycles. The zero-order chi connectivity index (χ0) is 14.9. The average Bonchev–Trinajstić information content (AvgIpc) is 2.51. The number of hydrogen-bond acceptors (Lipinski definition) is 5. The molecule has 112 valence electrons. The van der Waals surface area contributed by atoms with Gasteiger partial charge in [0.25, 0.3) is 0 Å². The summed E-state index contributed by atoms with van der Waals surface area (Å²) in [5.41, 5.74) is -0.752. The van der Waals surface area contributed by atoms with Gasteiger partial charge in [0.2, 0.25) is 0 Å². The Labute approximate surface area is 123 Å². The lowest BCUT2D eigenvalue weighted by atomic mass is 10.0. The summed E-state index contributed by atoms with van der Waals surface area (Å²) in [6, 6.07) is 5.85. The van der Waals surface area contributed by atoms with Crippen LogP contribution in [0.25, 0.3) is 10.8 Å². The van der Waals surface area contributed by atoms with E-state index in [-0.39, 0.29) is 0 Å². The highest BCUT2D eigenvalue weighted by atomic mass is 16.6. The Morgan fingerprint density at radius 1 is 1.29 bits per heavy atom. The number of benzene rings is 1. The summed E-state index contributed by atoms with van der Waals surface area (Å²) in [6.45, 7) is 5.36. The Morgan fingerprint density at radius 2 is 2.00 bits per heavy atom. The Morgan fingerprint density at radius 3 is 2.71 bits per heavy atom. The van der Waals surface area contributed by atoms with Crippen molar-refractivity contribution in [3.8, 4) is 11.5 Å². The number of anilines is 1. The molecule has 5 nitrogen and oxygen atoms in total. The smallest absolute Gasteiger partial charge is 0.162 e. The number of nitrogens with zero attached hydrogens (tertiary/aromatic N) is 1. The number of pyridine rings is 1. The van der Waals surface area contributed by atoms with Gasteiger partial charge in [0.05, 0.1) is 5.60 Å². The molecule has 3 rings (SSSR count). The van der Waals surface area contributed by atoms with Crippen LogP contribution in [0.2, 0.25) is 0 Å². The van der Waals surface area contributed by atoms with E-state index in [0.717, 1.165) is 28.1 Å². The molecule has 1 aliphatic heterocycles. The molecule has 0 spiro atoms. The number of ether oxygens (including phenoxy) is 2. The lowest BCUT2D eigenvalue weighted by Crippen LogP contribution is -2.32. The largest absolute Gasteiger partial charge is 0.486 e. The van der Waals surface area contributed by atoms with Gasteiger partial charge in [-0.2, -0.15) is 0 Å². The SMILES string of the molecule is CCC(C)(O)CNc1nccc2cc3c(cc12)OCCO3. The number of rotatable bonds is 4. The molecule has 1 aromatic carbocycles. The maximum atomic E-state index is 10.1. The van der Waals surface area contributed by atoms with Crippen molar-refractivity contribution in [2.75, 3.05) is 25.1 Å². The fraction of sp³-hybridized carbons (Fsp3) is 0.438. The maximum absolute atomic E-state index is 10.1. The van der Waals surface area contributed by atoms with Crippen LogP contribution in [0.5, 0.6) is 11.5 Å². The van der Waals surface area contributed by atoms with Crippen molar-refractivity contribution >= 4 is 16.6 Å². The van der Waals surface area contributed by atoms with Gasteiger partial charge in [-0.15, -0.1) is 0 Å². The average molecular weight is 288 g/mol. The third-order valence-electron chi connectivity index (χ3n) is 3.83. The van der Waals surface area contributed by atoms with E-state index in [0.29, 0.717) is 26.2 Å². The van der Waals surface area contributed by atoms with E-state index < -0.39 is 5.60 Å². The monoisotopic (exact) mass is 288 g/mol. The standard InChI is InChI=1S/C16H20N2O3/c1-3-16(2,19)10-18-15-12-9-14-13(20-6-7-21-14)8-11(12)4-5-17-15/h4-5,8-9,19H,3,6-7,10H2,1-2H3,(H,17,18). The molecule has 21 heavy (non-hydrogen) atoms. The van der Waals surface area contributed by atoms with Crippen LogP contribution in [0, 0.1) is 0 Å². The van der Waals surface area contributed by atoms with Crippen LogP contribution in [0.1, 0.15) is 20.3 Å². The third kappa shape index (κ3) is 2.88. The van der Waals surface area contributed by atoms with Gasteiger partial charge in [0.15, 0.2) is 11.5 Å². The fourth-order valence-corrected chi connectivity index (χ4v) is 2.25. The van der Waals surface area contributed by atoms with Gasteiger partial charge in [-0.1, -0.05) is 6.92 Å². The molecule has 0 aliphatic carbocycles. The van der Waals surface area contributed by atoms with Crippen molar-refractivity contribution in [2.45, 2.75) is 25.9 Å². The predicted molar refractivity (Wildman–Crippen MR) is 82.1 cm³/mol. The zero-order valence-electron chi connectivity index (χ0n) is 12.3. The number of fused-ring (bicyclic) bond motifs is 2. The van der Waals surface area contributed by atoms with Crippen molar-refractivity contribution in [1.82, 2.24) is 4.98 Å². The molecule has 5 heteroatoms. The highest BCUT2D eigenvalue weighted by Crippen LogP contribution is 2.36. The summed E-state index contributed by atoms with van der Waals surface area (Å²) >= 11 is 0. The highest BCUT2D eigenvalue weighted by Gasteiger charge is 2.19. The number of nitrogens with one attached hydrogen (secondary N) is 1. The molecule has 0 amide bonds. The minimum Gasteiger partial charge on any atom is -0.486 e. The van der Waals surface area contributed by atoms with Crippen molar-refractivity contribution < 1.29 is 14.6 Å². The quantitative estimate of drug-likeness (QED) is 0.905. The minimum absolute atomic E-state index is 0.448. The third-order valence-corrected chi connectivity index (χ3v) is 3.83. The Balaban J connectivity index is 1.95. The number of aromatic nitrogens is 1. The molecule has 2 aromatic rings. The second-order valence-electron chi connectivity index (χ2n) is 5.58. The van der Waals surface area contributed by atoms with Gasteiger partial charge in [-0.25, -0.2) is 4.98 Å². The van der Waals surface area contributed by atoms with E-state index in [1.54, 1.807) is 6.20 Å². The fourth-order valence-electron chi connectivity index (χ4n) is 2.25. The summed E-state index contributed by atoms with van der Waals surface area (Å²) in [7, 11) is 0. The Kier molecular flexibility index (Phi) is 3.59. The first-order chi connectivity index (χ1) is 10.1. The maximum Gasteiger partial charge on any atom is 0.162 e. The normalized spacial score (nSPS) is 16.5. The summed E-state index contributed by atoms with van der Waals surface area (Å²) < 4.78 is 11.2. The highest BCUT2D eigenvalue weighted by molar-refractivity contribution is 5.94. The van der Waals surface area contributed by atoms with Gasteiger partial charge in [0.1, 0.15) is 19.0 Å². The molecule has 0 saturated heterocycles. The van der Waals surface area contributed by atoms with Crippen LogP contribution in [0.15, 0.2) is 24.4 Å². The second-order valence-corrected chi connectivity index (χ2v) is 5.58. The predicted octanol–water partition coefficient (Wildman–Crippen LogP) is 2.58. The van der Waals surface area contributed by atoms with Gasteiger partial charge in [0, 0.05) is 18.1 Å². The minimum atomic E-state index is -0.752. The molecule has 0 fully saturated rings. The van der Waals surface area contributed by atoms with Gasteiger partial charge in [-0.05, 0) is 36.9 Å². The van der Waals surface area contributed by atoms with E-state index >= 15 is 0 Å². The van der Waals surface area contributed by atoms with Gasteiger partial charge >= 0.3 is 0 Å². The van der Waals surface area contributed by atoms with Crippen molar-refractivity contribution in [1.29, 1.82) is 0 Å². The molecule has 0 radical (unpaired) electrons. The zero-order valence-corrected chi connectivity index (χ0v) is 12.3. The second kappa shape index (κ2) is 5.41. The number of hydrogen-bond donors (Lipinski definition) is 2. The van der Waals surface area contributed by atoms with Gasteiger partial charge in [-0.3, -0.25) is 0 Å². The van der Waals surface area contributed by atoms with E-state index in [1.165, 1.54) is 0 Å². The van der Waals surface area contributed by atoms with Crippen molar-refractivity contribution in [3.05, 3.63) is 24.4 Å². The Hall–Kier alpha value is -2.01. The molecule has 1 aliphatic rings. The summed E-state index contributed by atoms with van der Waals surface area (Å²) in [6.07, 6.45) is 2.43. The first kappa shape index (κ1) is 13.9. The van der Waals surface area contributed by atoms with E-state index in [2.05, 4.69) is 10.3 Å². The van der Waals surface area contributed by atoms with Crippen LogP contribution in [-0.2, 0) is 0 Å². The molecule has 0 bridgehead atoms. The van der Waals surface area contributed by atoms with E-state index in [9.17, 15) is 5.11 Å². The lowest BCUT2D eigenvalue weighted by molar-refractivity contribution is 0.0697. The first-order valence-corrected chi connectivity index (χ1v) is 7.24. The molecule has 2 N–H and O–H groups in total. The van der Waals surface area contributed by atoms with E-state index in [4.69, 9.17) is 9.47 Å². The van der Waals surface area contributed by atoms with Crippen LogP contribution < -0.4 is 14.8 Å². The van der Waals surface area contributed by atoms with Crippen LogP contribution in [-0.4, -0.2) is 35.5 Å². The molecular formula is C16H20N2O3. The molecule has 0 saturated carbocycles. The van der Waals surface area contributed by atoms with Crippen LogP contribution in [0.3, 0.4) is 0 Å². The van der Waals surface area contributed by atoms with Crippen LogP contribution >= 0.6 is 0 Å². The first-order valence-electron chi connectivity index (χ1n) is 7.24. The van der Waals surface area contributed by atoms with Crippen molar-refractivity contribution in [2.24, 2.45) is 0 Å². The van der Waals surface area contributed by atoms with Crippen molar-refractivity contribution in [3.63, 3.8) is 0 Å². The number of aliphatic hydroxyl groups is 1. The summed E-state index contributed by atoms with van der Waals surface area (Å²) in [4.78, 5) is 4.37. The molecule has 1 unspecified atom stereocenters. The lowest BCUT2D eigenvalue weighted by Gasteiger charge is -2.23. The summed E-state index contributed by atoms with van der Waals surface area (Å²) in [5, 5.41) is 15.3. The Bertz CT molecular complexity index is 655. The van der Waals surface area contributed by atoms with E-state index in [1.807, 2.05) is 32.0 Å². The molecular weight excluding hydrogens is 268 g/mol. The topological polar surface area (TPSA) is 63.6 Å². The molecule has 1 atom stereocenters.